The molecule has 1 amide bonds. The molecule has 7 nitrogen and oxygen atoms in total. The highest BCUT2D eigenvalue weighted by Crippen LogP contribution is 2.27. The van der Waals surface area contributed by atoms with Crippen LogP contribution < -0.4 is 5.14 Å². The van der Waals surface area contributed by atoms with Crippen LogP contribution in [0.1, 0.15) is 12.5 Å². The van der Waals surface area contributed by atoms with Crippen LogP contribution in [-0.4, -0.2) is 47.2 Å². The number of primary sulfonamides is 1. The van der Waals surface area contributed by atoms with Gasteiger partial charge in [0.05, 0.1) is 21.7 Å². The van der Waals surface area contributed by atoms with Crippen LogP contribution in [0.25, 0.3) is 11.0 Å². The maximum atomic E-state index is 13.0. The molecule has 3 rings (SSSR count). The summed E-state index contributed by atoms with van der Waals surface area (Å²) in [6.07, 6.45) is -4.53. The molecule has 0 spiro atoms. The standard InChI is InChI=1S/C20H21F3N4O3S2/c1-2-27-17-9-8-15(32(24,29)30)10-16(17)25-19(27)31-12-18(28)26(13-20(21,22)23)11-14-6-4-3-5-7-14/h3-10H,2,11-13H2,1H3,(H2,24,29,30). The number of fused-ring (bicyclic) bond motifs is 1. The molecule has 0 aliphatic heterocycles. The van der Waals surface area contributed by atoms with Gasteiger partial charge in [-0.1, -0.05) is 42.1 Å². The summed E-state index contributed by atoms with van der Waals surface area (Å²) < 4.78 is 64.1. The zero-order chi connectivity index (χ0) is 23.5. The first-order chi connectivity index (χ1) is 15.0. The second-order valence-electron chi connectivity index (χ2n) is 6.97. The smallest absolute Gasteiger partial charge is 0.329 e. The van der Waals surface area contributed by atoms with E-state index in [2.05, 4.69) is 4.98 Å². The Bertz CT molecular complexity index is 1210. The normalized spacial score (nSPS) is 12.3. The highest BCUT2D eigenvalue weighted by Gasteiger charge is 2.33. The van der Waals surface area contributed by atoms with Crippen molar-refractivity contribution in [3.8, 4) is 0 Å². The first-order valence-corrected chi connectivity index (χ1v) is 12.1. The SMILES string of the molecule is CCn1c(SCC(=O)N(Cc2ccccc2)CC(F)(F)F)nc2cc(S(N)(=O)=O)ccc21. The first kappa shape index (κ1) is 24.1. The number of thioether (sulfide) groups is 1. The number of carbonyl (C=O) groups excluding carboxylic acids is 1. The molecule has 12 heteroatoms. The number of aromatic nitrogens is 2. The lowest BCUT2D eigenvalue weighted by Gasteiger charge is -2.24. The van der Waals surface area contributed by atoms with Crippen molar-refractivity contribution in [3.05, 3.63) is 54.1 Å². The molecule has 1 heterocycles. The molecule has 0 bridgehead atoms. The maximum Gasteiger partial charge on any atom is 0.406 e. The van der Waals surface area contributed by atoms with Gasteiger partial charge in [-0.05, 0) is 30.7 Å². The lowest BCUT2D eigenvalue weighted by molar-refractivity contribution is -0.160. The van der Waals surface area contributed by atoms with E-state index in [1.807, 2.05) is 6.92 Å². The van der Waals surface area contributed by atoms with Crippen LogP contribution in [0.5, 0.6) is 0 Å². The highest BCUT2D eigenvalue weighted by molar-refractivity contribution is 7.99. The third-order valence-corrected chi connectivity index (χ3v) is 6.47. The van der Waals surface area contributed by atoms with Gasteiger partial charge in [0.2, 0.25) is 15.9 Å². The fraction of sp³-hybridized carbons (Fsp3) is 0.300. The molecule has 0 aliphatic carbocycles. The molecule has 0 atom stereocenters. The first-order valence-electron chi connectivity index (χ1n) is 9.52. The van der Waals surface area contributed by atoms with E-state index >= 15 is 0 Å². The van der Waals surface area contributed by atoms with Crippen molar-refractivity contribution in [1.29, 1.82) is 0 Å². The lowest BCUT2D eigenvalue weighted by atomic mass is 10.2. The summed E-state index contributed by atoms with van der Waals surface area (Å²) in [4.78, 5) is 17.7. The third-order valence-electron chi connectivity index (χ3n) is 4.59. The minimum absolute atomic E-state index is 0.0995. The van der Waals surface area contributed by atoms with E-state index in [0.717, 1.165) is 16.7 Å². The zero-order valence-corrected chi connectivity index (χ0v) is 18.7. The van der Waals surface area contributed by atoms with E-state index < -0.39 is 28.7 Å². The quantitative estimate of drug-likeness (QED) is 0.492. The van der Waals surface area contributed by atoms with Crippen LogP contribution in [0.15, 0.2) is 58.6 Å². The molecule has 172 valence electrons. The Hall–Kier alpha value is -2.57. The van der Waals surface area contributed by atoms with Gasteiger partial charge in [-0.15, -0.1) is 0 Å². The van der Waals surface area contributed by atoms with Crippen LogP contribution in [-0.2, 0) is 27.9 Å². The highest BCUT2D eigenvalue weighted by atomic mass is 32.2. The number of sulfonamides is 1. The van der Waals surface area contributed by atoms with Crippen LogP contribution in [0.4, 0.5) is 13.2 Å². The van der Waals surface area contributed by atoms with E-state index in [1.165, 1.54) is 12.1 Å². The van der Waals surface area contributed by atoms with Gasteiger partial charge in [-0.3, -0.25) is 4.79 Å². The second kappa shape index (κ2) is 9.51. The molecule has 2 N–H and O–H groups in total. The minimum atomic E-state index is -4.53. The van der Waals surface area contributed by atoms with Crippen molar-refractivity contribution in [2.24, 2.45) is 5.14 Å². The minimum Gasteiger partial charge on any atom is -0.329 e. The van der Waals surface area contributed by atoms with Gasteiger partial charge >= 0.3 is 6.18 Å². The van der Waals surface area contributed by atoms with Crippen molar-refractivity contribution < 1.29 is 26.4 Å². The summed E-state index contributed by atoms with van der Waals surface area (Å²) in [6.45, 7) is 0.787. The van der Waals surface area contributed by atoms with Gasteiger partial charge in [0, 0.05) is 13.1 Å². The Balaban J connectivity index is 1.81. The van der Waals surface area contributed by atoms with Gasteiger partial charge in [0.15, 0.2) is 5.16 Å². The Morgan fingerprint density at radius 3 is 2.47 bits per heavy atom. The number of hydrogen-bond acceptors (Lipinski definition) is 5. The largest absolute Gasteiger partial charge is 0.406 e. The predicted octanol–water partition coefficient (Wildman–Crippen LogP) is 3.39. The molecule has 1 aromatic heterocycles. The molecule has 32 heavy (non-hydrogen) atoms. The average molecular weight is 487 g/mol. The second-order valence-corrected chi connectivity index (χ2v) is 9.48. The molecule has 0 radical (unpaired) electrons. The molecule has 0 saturated carbocycles. The van der Waals surface area contributed by atoms with Crippen molar-refractivity contribution in [2.75, 3.05) is 12.3 Å². The number of carbonyl (C=O) groups is 1. The van der Waals surface area contributed by atoms with E-state index in [9.17, 15) is 26.4 Å². The third kappa shape index (κ3) is 6.02. The van der Waals surface area contributed by atoms with Gasteiger partial charge in [0.1, 0.15) is 6.54 Å². The molecular weight excluding hydrogens is 465 g/mol. The van der Waals surface area contributed by atoms with E-state index in [4.69, 9.17) is 5.14 Å². The summed E-state index contributed by atoms with van der Waals surface area (Å²) in [5.41, 5.74) is 1.59. The van der Waals surface area contributed by atoms with E-state index in [-0.39, 0.29) is 17.2 Å². The van der Waals surface area contributed by atoms with Crippen LogP contribution in [0, 0.1) is 0 Å². The Morgan fingerprint density at radius 1 is 1.19 bits per heavy atom. The number of amides is 1. The van der Waals surface area contributed by atoms with Gasteiger partial charge in [0.25, 0.3) is 0 Å². The Labute approximate surface area is 187 Å². The lowest BCUT2D eigenvalue weighted by Crippen LogP contribution is -2.39. The molecular formula is C20H21F3N4O3S2. The number of benzene rings is 2. The molecule has 0 unspecified atom stereocenters. The van der Waals surface area contributed by atoms with Crippen molar-refractivity contribution in [3.63, 3.8) is 0 Å². The summed E-state index contributed by atoms with van der Waals surface area (Å²) in [7, 11) is -3.91. The van der Waals surface area contributed by atoms with Gasteiger partial charge in [-0.2, -0.15) is 13.2 Å². The van der Waals surface area contributed by atoms with Crippen molar-refractivity contribution >= 4 is 38.7 Å². The number of nitrogens with two attached hydrogens (primary N) is 1. The summed E-state index contributed by atoms with van der Waals surface area (Å²) in [5.74, 6) is -0.940. The topological polar surface area (TPSA) is 98.3 Å². The molecule has 0 aliphatic rings. The van der Waals surface area contributed by atoms with Crippen molar-refractivity contribution in [1.82, 2.24) is 14.5 Å². The number of nitrogens with zero attached hydrogens (tertiary/aromatic N) is 3. The Morgan fingerprint density at radius 2 is 1.88 bits per heavy atom. The number of halogens is 3. The van der Waals surface area contributed by atoms with Crippen LogP contribution >= 0.6 is 11.8 Å². The fourth-order valence-corrected chi connectivity index (χ4v) is 4.67. The Kier molecular flexibility index (Phi) is 7.16. The average Bonchev–Trinajstić information content (AvgIpc) is 3.07. The maximum absolute atomic E-state index is 13.0. The van der Waals surface area contributed by atoms with E-state index in [1.54, 1.807) is 41.0 Å². The van der Waals surface area contributed by atoms with Crippen molar-refractivity contribution in [2.45, 2.75) is 36.2 Å². The molecule has 0 saturated heterocycles. The summed E-state index contributed by atoms with van der Waals surface area (Å²) in [5, 5.41) is 5.56. The van der Waals surface area contributed by atoms with Crippen LogP contribution in [0.3, 0.4) is 0 Å². The zero-order valence-electron chi connectivity index (χ0n) is 17.0. The number of rotatable bonds is 8. The number of hydrogen-bond donors (Lipinski definition) is 1. The number of imidazole rings is 1. The summed E-state index contributed by atoms with van der Waals surface area (Å²) in [6, 6.07) is 12.7. The number of aryl methyl sites for hydroxylation is 1. The predicted molar refractivity (Wildman–Crippen MR) is 115 cm³/mol. The van der Waals surface area contributed by atoms with Gasteiger partial charge in [-0.25, -0.2) is 18.5 Å². The number of alkyl halides is 3. The summed E-state index contributed by atoms with van der Waals surface area (Å²) >= 11 is 0.996. The fourth-order valence-electron chi connectivity index (χ4n) is 3.15. The molecule has 2 aromatic carbocycles. The van der Waals surface area contributed by atoms with Gasteiger partial charge < -0.3 is 9.47 Å². The molecule has 3 aromatic rings. The monoisotopic (exact) mass is 486 g/mol. The van der Waals surface area contributed by atoms with E-state index in [0.29, 0.717) is 28.3 Å². The molecule has 0 fully saturated rings. The van der Waals surface area contributed by atoms with Crippen LogP contribution in [0.2, 0.25) is 0 Å².